The first-order valence-corrected chi connectivity index (χ1v) is 18.7. The van der Waals surface area contributed by atoms with Crippen LogP contribution in [0, 0.1) is 5.92 Å². The third-order valence-electron chi connectivity index (χ3n) is 11.4. The van der Waals surface area contributed by atoms with E-state index in [2.05, 4.69) is 20.9 Å². The van der Waals surface area contributed by atoms with Gasteiger partial charge in [-0.05, 0) is 61.9 Å². The first-order valence-electron chi connectivity index (χ1n) is 18.7. The van der Waals surface area contributed by atoms with Crippen molar-refractivity contribution in [2.45, 2.75) is 126 Å². The Morgan fingerprint density at radius 2 is 1.69 bits per heavy atom. The van der Waals surface area contributed by atoms with Crippen molar-refractivity contribution in [2.75, 3.05) is 13.7 Å². The lowest BCUT2D eigenvalue weighted by molar-refractivity contribution is -0.158. The number of esters is 1. The summed E-state index contributed by atoms with van der Waals surface area (Å²) in [4.78, 5) is 57.4. The molecule has 2 unspecified atom stereocenters. The summed E-state index contributed by atoms with van der Waals surface area (Å²) in [7, 11) is 1.20. The summed E-state index contributed by atoms with van der Waals surface area (Å²) in [6, 6.07) is 10.7. The molecule has 52 heavy (non-hydrogen) atoms. The second-order valence-electron chi connectivity index (χ2n) is 15.5. The first-order chi connectivity index (χ1) is 24.9. The largest absolute Gasteiger partial charge is 0.467 e. The summed E-state index contributed by atoms with van der Waals surface area (Å²) in [6.45, 7) is 3.31. The fourth-order valence-electron chi connectivity index (χ4n) is 8.50. The van der Waals surface area contributed by atoms with Crippen LogP contribution in [-0.2, 0) is 24.7 Å². The van der Waals surface area contributed by atoms with Crippen LogP contribution in [0.25, 0.3) is 10.8 Å². The third-order valence-corrected chi connectivity index (χ3v) is 11.4. The van der Waals surface area contributed by atoms with Crippen LogP contribution in [0.1, 0.15) is 113 Å². The zero-order chi connectivity index (χ0) is 37.0. The summed E-state index contributed by atoms with van der Waals surface area (Å²) in [5.41, 5.74) is -1.69. The molecule has 1 aliphatic heterocycles. The van der Waals surface area contributed by atoms with Gasteiger partial charge < -0.3 is 30.5 Å². The number of ether oxygens (including phenoxy) is 1. The van der Waals surface area contributed by atoms with E-state index in [-0.39, 0.29) is 24.8 Å². The van der Waals surface area contributed by atoms with Crippen molar-refractivity contribution in [2.24, 2.45) is 5.92 Å². The van der Waals surface area contributed by atoms with Gasteiger partial charge in [-0.25, -0.2) is 9.48 Å². The summed E-state index contributed by atoms with van der Waals surface area (Å²) in [5.74, 6) is -1.88. The molecule has 13 nitrogen and oxygen atoms in total. The van der Waals surface area contributed by atoms with Gasteiger partial charge in [0, 0.05) is 18.5 Å². The standard InChI is InChI=1S/C39H52N6O7/c1-38(2,51)32-23-40-43-45(32)29-22-31(35(48)42-39(18-10-5-11-19-39)33(46)37(50)52-3)44(24-29)36(49)30(20-25-12-6-4-7-13-25)41-34(47)28-17-16-26-14-8-9-15-27(26)21-28/h8-9,14-17,21,23,25,29-31,33,46,51H,4-7,10-13,18-20,22,24H2,1-3H3,(H,41,47)(H,42,48)/t29-,30?,31-,33?/m0/s1. The summed E-state index contributed by atoms with van der Waals surface area (Å²) < 4.78 is 6.45. The monoisotopic (exact) mass is 716 g/mol. The van der Waals surface area contributed by atoms with E-state index in [9.17, 15) is 29.4 Å². The van der Waals surface area contributed by atoms with Crippen LogP contribution in [0.5, 0.6) is 0 Å². The third kappa shape index (κ3) is 8.00. The Bertz CT molecular complexity index is 1760. The van der Waals surface area contributed by atoms with E-state index in [0.29, 0.717) is 43.4 Å². The number of aliphatic hydroxyl groups is 2. The van der Waals surface area contributed by atoms with Crippen molar-refractivity contribution in [3.63, 3.8) is 0 Å². The summed E-state index contributed by atoms with van der Waals surface area (Å²) in [5, 5.41) is 38.4. The molecule has 4 atom stereocenters. The molecular formula is C39H52N6O7. The Kier molecular flexibility index (Phi) is 11.3. The number of aromatic nitrogens is 3. The molecule has 4 N–H and O–H groups in total. The number of carbonyl (C=O) groups is 4. The molecule has 2 heterocycles. The number of methoxy groups -OCH3 is 1. The molecule has 2 aromatic carbocycles. The second kappa shape index (κ2) is 15.7. The Hall–Kier alpha value is -4.36. The highest BCUT2D eigenvalue weighted by Crippen LogP contribution is 2.36. The van der Waals surface area contributed by atoms with Gasteiger partial charge in [0.15, 0.2) is 6.10 Å². The number of fused-ring (bicyclic) bond motifs is 1. The van der Waals surface area contributed by atoms with Crippen molar-refractivity contribution in [3.05, 3.63) is 59.9 Å². The van der Waals surface area contributed by atoms with E-state index in [0.717, 1.165) is 49.3 Å². The molecule has 6 rings (SSSR count). The predicted octanol–water partition coefficient (Wildman–Crippen LogP) is 3.92. The predicted molar refractivity (Wildman–Crippen MR) is 193 cm³/mol. The Labute approximate surface area is 304 Å². The molecule has 2 aliphatic carbocycles. The summed E-state index contributed by atoms with van der Waals surface area (Å²) in [6.07, 6.45) is 8.63. The number of rotatable bonds is 11. The number of benzene rings is 2. The van der Waals surface area contributed by atoms with Crippen LogP contribution in [0.15, 0.2) is 48.7 Å². The van der Waals surface area contributed by atoms with Crippen LogP contribution in [0.3, 0.4) is 0 Å². The number of aliphatic hydroxyl groups excluding tert-OH is 1. The van der Waals surface area contributed by atoms with Gasteiger partial charge in [-0.3, -0.25) is 14.4 Å². The highest BCUT2D eigenvalue weighted by Gasteiger charge is 2.49. The molecule has 13 heteroatoms. The van der Waals surface area contributed by atoms with E-state index in [1.165, 1.54) is 18.2 Å². The van der Waals surface area contributed by atoms with Crippen molar-refractivity contribution < 1.29 is 34.1 Å². The Morgan fingerprint density at radius 3 is 2.38 bits per heavy atom. The molecule has 280 valence electrons. The number of nitrogens with zero attached hydrogens (tertiary/aromatic N) is 4. The quantitative estimate of drug-likeness (QED) is 0.214. The zero-order valence-corrected chi connectivity index (χ0v) is 30.4. The lowest BCUT2D eigenvalue weighted by Crippen LogP contribution is -2.63. The van der Waals surface area contributed by atoms with E-state index < -0.39 is 53.2 Å². The number of hydrogen-bond acceptors (Lipinski definition) is 9. The van der Waals surface area contributed by atoms with E-state index in [1.807, 2.05) is 36.4 Å². The first kappa shape index (κ1) is 37.4. The topological polar surface area (TPSA) is 176 Å². The van der Waals surface area contributed by atoms with Crippen molar-refractivity contribution in [3.8, 4) is 0 Å². The maximum Gasteiger partial charge on any atom is 0.337 e. The molecule has 0 bridgehead atoms. The van der Waals surface area contributed by atoms with Crippen LogP contribution < -0.4 is 10.6 Å². The number of carbonyl (C=O) groups excluding carboxylic acids is 4. The van der Waals surface area contributed by atoms with Gasteiger partial charge in [-0.2, -0.15) is 0 Å². The lowest BCUT2D eigenvalue weighted by atomic mass is 9.77. The number of amides is 3. The SMILES string of the molecule is COC(=O)C(O)C1(NC(=O)[C@@H]2C[C@H](n3nncc3C(C)(C)O)CN2C(=O)C(CC2CCCCC2)NC(=O)c2ccc3ccccc3c2)CCCCC1. The van der Waals surface area contributed by atoms with Crippen molar-refractivity contribution in [1.82, 2.24) is 30.5 Å². The van der Waals surface area contributed by atoms with Gasteiger partial charge in [0.1, 0.15) is 17.7 Å². The maximum atomic E-state index is 14.9. The molecule has 2 saturated carbocycles. The van der Waals surface area contributed by atoms with Crippen molar-refractivity contribution in [1.29, 1.82) is 0 Å². The molecule has 3 amide bonds. The van der Waals surface area contributed by atoms with Crippen LogP contribution in [-0.4, -0.2) is 91.2 Å². The van der Waals surface area contributed by atoms with Gasteiger partial charge in [0.05, 0.1) is 30.6 Å². The average molecular weight is 717 g/mol. The number of likely N-dealkylation sites (tertiary alicyclic amines) is 1. The van der Waals surface area contributed by atoms with Crippen LogP contribution >= 0.6 is 0 Å². The molecule has 0 spiro atoms. The van der Waals surface area contributed by atoms with E-state index >= 15 is 0 Å². The Balaban J connectivity index is 1.33. The molecule has 3 aliphatic rings. The minimum atomic E-state index is -1.58. The van der Waals surface area contributed by atoms with E-state index in [4.69, 9.17) is 4.74 Å². The molecular weight excluding hydrogens is 664 g/mol. The van der Waals surface area contributed by atoms with Gasteiger partial charge in [-0.15, -0.1) is 5.10 Å². The van der Waals surface area contributed by atoms with Crippen LogP contribution in [0.2, 0.25) is 0 Å². The maximum absolute atomic E-state index is 14.9. The number of nitrogens with one attached hydrogen (secondary N) is 2. The summed E-state index contributed by atoms with van der Waals surface area (Å²) >= 11 is 0. The molecule has 3 aromatic rings. The highest BCUT2D eigenvalue weighted by atomic mass is 16.5. The smallest absolute Gasteiger partial charge is 0.337 e. The molecule has 3 fully saturated rings. The normalized spacial score (nSPS) is 22.1. The number of hydrogen-bond donors (Lipinski definition) is 4. The zero-order valence-electron chi connectivity index (χ0n) is 30.4. The average Bonchev–Trinajstić information content (AvgIpc) is 3.83. The highest BCUT2D eigenvalue weighted by molar-refractivity contribution is 6.01. The fourth-order valence-corrected chi connectivity index (χ4v) is 8.50. The van der Waals surface area contributed by atoms with Gasteiger partial charge in [0.2, 0.25) is 11.8 Å². The molecule has 1 saturated heterocycles. The van der Waals surface area contributed by atoms with Crippen LogP contribution in [0.4, 0.5) is 0 Å². The molecule has 0 radical (unpaired) electrons. The minimum absolute atomic E-state index is 0.0723. The van der Waals surface area contributed by atoms with E-state index in [1.54, 1.807) is 24.6 Å². The fraction of sp³-hybridized carbons (Fsp3) is 0.590. The Morgan fingerprint density at radius 1 is 1.00 bits per heavy atom. The minimum Gasteiger partial charge on any atom is -0.467 e. The van der Waals surface area contributed by atoms with Gasteiger partial charge in [0.25, 0.3) is 5.91 Å². The van der Waals surface area contributed by atoms with Gasteiger partial charge >= 0.3 is 5.97 Å². The van der Waals surface area contributed by atoms with Crippen molar-refractivity contribution >= 4 is 34.5 Å². The lowest BCUT2D eigenvalue weighted by Gasteiger charge is -2.41. The second-order valence-corrected chi connectivity index (χ2v) is 15.5. The van der Waals surface area contributed by atoms with Gasteiger partial charge in [-0.1, -0.05) is 86.9 Å². The molecule has 1 aromatic heterocycles.